The third-order valence-electron chi connectivity index (χ3n) is 5.60. The number of hydrogen-bond acceptors (Lipinski definition) is 4. The zero-order valence-corrected chi connectivity index (χ0v) is 18.5. The Morgan fingerprint density at radius 2 is 2.09 bits per heavy atom. The van der Waals surface area contributed by atoms with Crippen molar-refractivity contribution in [2.24, 2.45) is 0 Å². The van der Waals surface area contributed by atoms with Crippen LogP contribution in [0.25, 0.3) is 10.9 Å². The van der Waals surface area contributed by atoms with Crippen molar-refractivity contribution in [2.45, 2.75) is 45.3 Å². The highest BCUT2D eigenvalue weighted by atomic mass is 35.5. The molecule has 0 spiro atoms. The molecule has 1 aromatic heterocycles. The molecule has 1 aliphatic rings. The molecule has 0 atom stereocenters. The van der Waals surface area contributed by atoms with Gasteiger partial charge in [0, 0.05) is 29.2 Å². The zero-order valence-electron chi connectivity index (χ0n) is 17.8. The van der Waals surface area contributed by atoms with Crippen LogP contribution in [0.3, 0.4) is 0 Å². The molecule has 2 amide bonds. The minimum Gasteiger partial charge on any atom is -0.399 e. The molecule has 9 heteroatoms. The van der Waals surface area contributed by atoms with Gasteiger partial charge in [-0.25, -0.2) is 4.39 Å². The Morgan fingerprint density at radius 1 is 1.31 bits per heavy atom. The lowest BCUT2D eigenvalue weighted by molar-refractivity contribution is -0.137. The molecule has 3 aromatic rings. The number of aromatic nitrogens is 2. The van der Waals surface area contributed by atoms with Crippen LogP contribution in [-0.4, -0.2) is 39.1 Å². The number of hydrogen-bond donors (Lipinski definition) is 2. The van der Waals surface area contributed by atoms with Crippen molar-refractivity contribution in [2.75, 3.05) is 12.3 Å². The molecule has 0 radical (unpaired) electrons. The largest absolute Gasteiger partial charge is 0.399 e. The molecule has 0 saturated heterocycles. The summed E-state index contributed by atoms with van der Waals surface area (Å²) in [6.45, 7) is 1.95. The van der Waals surface area contributed by atoms with Gasteiger partial charge in [-0.1, -0.05) is 30.7 Å². The second-order valence-corrected chi connectivity index (χ2v) is 8.38. The molecule has 1 heterocycles. The minimum absolute atomic E-state index is 0.00298. The molecule has 0 aliphatic heterocycles. The van der Waals surface area contributed by atoms with Gasteiger partial charge in [-0.05, 0) is 43.5 Å². The van der Waals surface area contributed by atoms with Gasteiger partial charge in [-0.2, -0.15) is 5.10 Å². The lowest BCUT2D eigenvalue weighted by Gasteiger charge is -2.22. The molecule has 7 nitrogen and oxygen atoms in total. The van der Waals surface area contributed by atoms with Crippen LogP contribution < -0.4 is 11.1 Å². The van der Waals surface area contributed by atoms with Crippen molar-refractivity contribution in [3.8, 4) is 0 Å². The van der Waals surface area contributed by atoms with Crippen molar-refractivity contribution in [1.29, 1.82) is 0 Å². The molecular weight excluding hydrogens is 433 g/mol. The molecule has 0 bridgehead atoms. The smallest absolute Gasteiger partial charge is 0.245 e. The summed E-state index contributed by atoms with van der Waals surface area (Å²) in [4.78, 5) is 27.2. The first kappa shape index (κ1) is 22.1. The van der Waals surface area contributed by atoms with E-state index in [1.54, 1.807) is 27.8 Å². The van der Waals surface area contributed by atoms with Crippen molar-refractivity contribution >= 4 is 40.0 Å². The molecule has 1 saturated carbocycles. The monoisotopic (exact) mass is 457 g/mol. The first-order valence-electron chi connectivity index (χ1n) is 10.6. The Balaban J connectivity index is 1.44. The predicted molar refractivity (Wildman–Crippen MR) is 122 cm³/mol. The summed E-state index contributed by atoms with van der Waals surface area (Å²) in [6.07, 6.45) is 2.44. The summed E-state index contributed by atoms with van der Waals surface area (Å²) in [6, 6.07) is 10.2. The van der Waals surface area contributed by atoms with Gasteiger partial charge in [-0.15, -0.1) is 0 Å². The van der Waals surface area contributed by atoms with Crippen LogP contribution in [0.15, 0.2) is 36.4 Å². The summed E-state index contributed by atoms with van der Waals surface area (Å²) in [5.41, 5.74) is 8.56. The van der Waals surface area contributed by atoms with Gasteiger partial charge >= 0.3 is 0 Å². The topological polar surface area (TPSA) is 93.2 Å². The Hall–Kier alpha value is -3.13. The van der Waals surface area contributed by atoms with E-state index in [1.807, 2.05) is 19.1 Å². The fourth-order valence-electron chi connectivity index (χ4n) is 3.76. The number of carbonyl (C=O) groups excluding carboxylic acids is 2. The van der Waals surface area contributed by atoms with E-state index in [-0.39, 0.29) is 42.5 Å². The maximum absolute atomic E-state index is 14.0. The molecule has 0 unspecified atom stereocenters. The number of benzene rings is 2. The number of halogens is 2. The average Bonchev–Trinajstić information content (AvgIpc) is 3.55. The van der Waals surface area contributed by atoms with E-state index >= 15 is 0 Å². The maximum atomic E-state index is 14.0. The Labute approximate surface area is 190 Å². The zero-order chi connectivity index (χ0) is 22.8. The third-order valence-corrected chi connectivity index (χ3v) is 5.89. The van der Waals surface area contributed by atoms with Crippen molar-refractivity contribution in [1.82, 2.24) is 20.0 Å². The quantitative estimate of drug-likeness (QED) is 0.507. The summed E-state index contributed by atoms with van der Waals surface area (Å²) in [5.74, 6) is -1.08. The third kappa shape index (κ3) is 4.70. The molecule has 3 N–H and O–H groups in total. The number of carbonyl (C=O) groups is 2. The number of amides is 2. The fraction of sp³-hybridized carbons (Fsp3) is 0.348. The average molecular weight is 458 g/mol. The summed E-state index contributed by atoms with van der Waals surface area (Å²) >= 11 is 5.79. The normalized spacial score (nSPS) is 13.3. The lowest BCUT2D eigenvalue weighted by Crippen LogP contribution is -2.43. The lowest BCUT2D eigenvalue weighted by atomic mass is 10.1. The van der Waals surface area contributed by atoms with Crippen molar-refractivity contribution in [3.05, 3.63) is 58.5 Å². The predicted octanol–water partition coefficient (Wildman–Crippen LogP) is 3.28. The van der Waals surface area contributed by atoms with E-state index in [1.165, 1.54) is 6.07 Å². The van der Waals surface area contributed by atoms with Crippen LogP contribution in [0.1, 0.15) is 31.0 Å². The van der Waals surface area contributed by atoms with Crippen LogP contribution in [0.2, 0.25) is 5.02 Å². The molecule has 1 fully saturated rings. The van der Waals surface area contributed by atoms with Gasteiger partial charge in [-0.3, -0.25) is 14.3 Å². The van der Waals surface area contributed by atoms with Crippen LogP contribution >= 0.6 is 11.6 Å². The first-order chi connectivity index (χ1) is 15.4. The van der Waals surface area contributed by atoms with Gasteiger partial charge in [0.15, 0.2) is 0 Å². The number of anilines is 1. The Bertz CT molecular complexity index is 1170. The van der Waals surface area contributed by atoms with Gasteiger partial charge < -0.3 is 16.0 Å². The molecule has 32 heavy (non-hydrogen) atoms. The second kappa shape index (κ2) is 9.16. The summed E-state index contributed by atoms with van der Waals surface area (Å²) < 4.78 is 15.7. The number of nitrogens with zero attached hydrogens (tertiary/aromatic N) is 3. The van der Waals surface area contributed by atoms with Crippen LogP contribution in [0.5, 0.6) is 0 Å². The van der Waals surface area contributed by atoms with E-state index in [9.17, 15) is 14.0 Å². The fourth-order valence-corrected chi connectivity index (χ4v) is 3.95. The van der Waals surface area contributed by atoms with Crippen LogP contribution in [0.4, 0.5) is 10.1 Å². The van der Waals surface area contributed by atoms with E-state index < -0.39 is 5.82 Å². The number of fused-ring (bicyclic) bond motifs is 1. The number of aryl methyl sites for hydroxylation is 1. The van der Waals surface area contributed by atoms with Gasteiger partial charge in [0.05, 0.1) is 22.8 Å². The molecular formula is C23H25ClFN5O2. The number of nitrogens with one attached hydrogen (secondary N) is 1. The number of nitrogen functional groups attached to an aromatic ring is 1. The molecule has 168 valence electrons. The van der Waals surface area contributed by atoms with Crippen LogP contribution in [-0.2, 0) is 29.1 Å². The standard InChI is InChI=1S/C23H25ClFN5O2/c1-2-19-17-10-15(26)6-9-20(17)30(28-19)13-22(32)29(16-7-8-16)12-21(31)27-11-14-4-3-5-18(24)23(14)25/h3-6,9-10,16H,2,7-8,11-13,26H2,1H3,(H,27,31). The second-order valence-electron chi connectivity index (χ2n) is 7.98. The van der Waals surface area contributed by atoms with E-state index in [0.717, 1.165) is 35.9 Å². The highest BCUT2D eigenvalue weighted by Gasteiger charge is 2.34. The SMILES string of the molecule is CCc1nn(CC(=O)N(CC(=O)NCc2cccc(Cl)c2F)C2CC2)c2ccc(N)cc12. The Kier molecular flexibility index (Phi) is 6.32. The van der Waals surface area contributed by atoms with E-state index in [4.69, 9.17) is 17.3 Å². The number of nitrogens with two attached hydrogens (primary N) is 1. The minimum atomic E-state index is -0.553. The number of rotatable bonds is 8. The summed E-state index contributed by atoms with van der Waals surface area (Å²) in [7, 11) is 0. The van der Waals surface area contributed by atoms with Gasteiger partial charge in [0.1, 0.15) is 12.4 Å². The van der Waals surface area contributed by atoms with Gasteiger partial charge in [0.2, 0.25) is 11.8 Å². The first-order valence-corrected chi connectivity index (χ1v) is 11.0. The highest BCUT2D eigenvalue weighted by Crippen LogP contribution is 2.28. The van der Waals surface area contributed by atoms with Crippen molar-refractivity contribution < 1.29 is 14.0 Å². The molecule has 2 aromatic carbocycles. The van der Waals surface area contributed by atoms with Crippen LogP contribution in [0, 0.1) is 5.82 Å². The summed E-state index contributed by atoms with van der Waals surface area (Å²) in [5, 5.41) is 8.20. The van der Waals surface area contributed by atoms with Crippen molar-refractivity contribution in [3.63, 3.8) is 0 Å². The Morgan fingerprint density at radius 3 is 2.81 bits per heavy atom. The van der Waals surface area contributed by atoms with E-state index in [0.29, 0.717) is 11.3 Å². The highest BCUT2D eigenvalue weighted by molar-refractivity contribution is 6.30. The van der Waals surface area contributed by atoms with Gasteiger partial charge in [0.25, 0.3) is 0 Å². The molecule has 4 rings (SSSR count). The molecule has 1 aliphatic carbocycles. The van der Waals surface area contributed by atoms with E-state index in [2.05, 4.69) is 10.4 Å². The maximum Gasteiger partial charge on any atom is 0.245 e.